The topological polar surface area (TPSA) is 12.0 Å². The van der Waals surface area contributed by atoms with Gasteiger partial charge in [-0.1, -0.05) is 44.0 Å². The summed E-state index contributed by atoms with van der Waals surface area (Å²) in [6, 6.07) is 9.25. The molecular weight excluding hydrogens is 206 g/mol. The van der Waals surface area contributed by atoms with E-state index in [4.69, 9.17) is 0 Å². The van der Waals surface area contributed by atoms with Crippen molar-refractivity contribution in [1.29, 1.82) is 0 Å². The number of hydrogen-bond acceptors (Lipinski definition) is 1. The summed E-state index contributed by atoms with van der Waals surface area (Å²) < 4.78 is 0. The first-order chi connectivity index (χ1) is 8.35. The summed E-state index contributed by atoms with van der Waals surface area (Å²) >= 11 is 0. The van der Waals surface area contributed by atoms with Crippen LogP contribution in [0.4, 0.5) is 0 Å². The van der Waals surface area contributed by atoms with E-state index < -0.39 is 0 Å². The molecule has 2 atom stereocenters. The van der Waals surface area contributed by atoms with E-state index in [1.807, 2.05) is 0 Å². The minimum Gasteiger partial charge on any atom is -0.319 e. The molecule has 0 bridgehead atoms. The molecule has 2 rings (SSSR count). The van der Waals surface area contributed by atoms with Gasteiger partial charge in [-0.15, -0.1) is 0 Å². The van der Waals surface area contributed by atoms with E-state index in [0.29, 0.717) is 0 Å². The van der Waals surface area contributed by atoms with E-state index in [1.165, 1.54) is 37.8 Å². The van der Waals surface area contributed by atoms with Crippen LogP contribution >= 0.6 is 0 Å². The Labute approximate surface area is 106 Å². The van der Waals surface area contributed by atoms with Crippen molar-refractivity contribution in [2.45, 2.75) is 44.9 Å². The number of rotatable bonds is 4. The van der Waals surface area contributed by atoms with Gasteiger partial charge in [-0.2, -0.15) is 0 Å². The Morgan fingerprint density at radius 3 is 2.82 bits per heavy atom. The molecule has 94 valence electrons. The summed E-state index contributed by atoms with van der Waals surface area (Å²) in [5, 5.41) is 3.37. The molecule has 0 aliphatic heterocycles. The molecule has 2 unspecified atom stereocenters. The second-order valence-electron chi connectivity index (χ2n) is 5.31. The molecule has 17 heavy (non-hydrogen) atoms. The third-order valence-corrected chi connectivity index (χ3v) is 4.16. The maximum atomic E-state index is 3.37. The Morgan fingerprint density at radius 2 is 2.06 bits per heavy atom. The molecule has 1 aliphatic carbocycles. The lowest BCUT2D eigenvalue weighted by atomic mass is 9.75. The van der Waals surface area contributed by atoms with Gasteiger partial charge in [0.1, 0.15) is 0 Å². The van der Waals surface area contributed by atoms with Crippen LogP contribution in [-0.2, 0) is 6.42 Å². The molecule has 0 amide bonds. The van der Waals surface area contributed by atoms with E-state index in [9.17, 15) is 0 Å². The van der Waals surface area contributed by atoms with Gasteiger partial charge in [0.05, 0.1) is 0 Å². The van der Waals surface area contributed by atoms with Crippen LogP contribution < -0.4 is 5.32 Å². The summed E-state index contributed by atoms with van der Waals surface area (Å²) in [7, 11) is 2.08. The average Bonchev–Trinajstić information content (AvgIpc) is 2.40. The van der Waals surface area contributed by atoms with Crippen molar-refractivity contribution in [2.75, 3.05) is 13.6 Å². The summed E-state index contributed by atoms with van der Waals surface area (Å²) in [6.45, 7) is 3.41. The van der Waals surface area contributed by atoms with Crippen LogP contribution in [0.15, 0.2) is 24.3 Å². The molecule has 1 nitrogen and oxygen atoms in total. The van der Waals surface area contributed by atoms with Crippen molar-refractivity contribution >= 4 is 0 Å². The van der Waals surface area contributed by atoms with Crippen molar-refractivity contribution in [3.05, 3.63) is 35.4 Å². The molecule has 0 heterocycles. The number of hydrogen-bond donors (Lipinski definition) is 1. The van der Waals surface area contributed by atoms with Gasteiger partial charge in [0.2, 0.25) is 0 Å². The summed E-state index contributed by atoms with van der Waals surface area (Å²) in [6.07, 6.45) is 6.73. The third kappa shape index (κ3) is 3.10. The highest BCUT2D eigenvalue weighted by molar-refractivity contribution is 5.27. The lowest BCUT2D eigenvalue weighted by Crippen LogP contribution is -2.27. The van der Waals surface area contributed by atoms with Crippen LogP contribution in [0.5, 0.6) is 0 Å². The van der Waals surface area contributed by atoms with Crippen LogP contribution in [0.3, 0.4) is 0 Å². The van der Waals surface area contributed by atoms with E-state index in [1.54, 1.807) is 5.56 Å². The molecule has 1 fully saturated rings. The number of benzene rings is 1. The lowest BCUT2D eigenvalue weighted by molar-refractivity contribution is 0.301. The largest absolute Gasteiger partial charge is 0.319 e. The van der Waals surface area contributed by atoms with Crippen LogP contribution in [0.2, 0.25) is 0 Å². The third-order valence-electron chi connectivity index (χ3n) is 4.16. The Bertz CT molecular complexity index is 343. The highest BCUT2D eigenvalue weighted by Gasteiger charge is 2.25. The molecule has 1 N–H and O–H groups in total. The van der Waals surface area contributed by atoms with Gasteiger partial charge in [0.15, 0.2) is 0 Å². The van der Waals surface area contributed by atoms with Gasteiger partial charge in [-0.25, -0.2) is 0 Å². The first-order valence-corrected chi connectivity index (χ1v) is 7.08. The first kappa shape index (κ1) is 12.6. The van der Waals surface area contributed by atoms with Crippen LogP contribution in [0.25, 0.3) is 0 Å². The molecule has 0 saturated heterocycles. The number of nitrogens with one attached hydrogen (secondary N) is 1. The average molecular weight is 231 g/mol. The second kappa shape index (κ2) is 6.20. The van der Waals surface area contributed by atoms with E-state index in [-0.39, 0.29) is 0 Å². The first-order valence-electron chi connectivity index (χ1n) is 7.08. The van der Waals surface area contributed by atoms with Gasteiger partial charge in [0.25, 0.3) is 0 Å². The van der Waals surface area contributed by atoms with Crippen LogP contribution in [-0.4, -0.2) is 13.6 Å². The van der Waals surface area contributed by atoms with Crippen molar-refractivity contribution < 1.29 is 0 Å². The van der Waals surface area contributed by atoms with Gasteiger partial charge >= 0.3 is 0 Å². The predicted octanol–water partition coefficient (Wildman–Crippen LogP) is 3.74. The van der Waals surface area contributed by atoms with Crippen molar-refractivity contribution in [1.82, 2.24) is 5.32 Å². The molecular formula is C16H25N. The van der Waals surface area contributed by atoms with Gasteiger partial charge in [-0.05, 0) is 55.8 Å². The molecule has 0 spiro atoms. The smallest absolute Gasteiger partial charge is 0.00177 e. The summed E-state index contributed by atoms with van der Waals surface area (Å²) in [5.74, 6) is 1.61. The molecule has 0 radical (unpaired) electrons. The second-order valence-corrected chi connectivity index (χ2v) is 5.31. The molecule has 0 aromatic heterocycles. The molecule has 1 aromatic rings. The summed E-state index contributed by atoms with van der Waals surface area (Å²) in [4.78, 5) is 0. The van der Waals surface area contributed by atoms with Crippen LogP contribution in [0, 0.1) is 5.92 Å². The Kier molecular flexibility index (Phi) is 4.61. The molecule has 1 heteroatoms. The SMILES string of the molecule is CCc1cccc(C2CCCCC2CNC)c1. The highest BCUT2D eigenvalue weighted by atomic mass is 14.8. The fraction of sp³-hybridized carbons (Fsp3) is 0.625. The van der Waals surface area contributed by atoms with Gasteiger partial charge < -0.3 is 5.32 Å². The lowest BCUT2D eigenvalue weighted by Gasteiger charge is -2.32. The van der Waals surface area contributed by atoms with Crippen LogP contribution in [0.1, 0.15) is 49.7 Å². The normalized spacial score (nSPS) is 24.8. The molecule has 1 aromatic carbocycles. The minimum atomic E-state index is 0.780. The molecule has 1 aliphatic rings. The van der Waals surface area contributed by atoms with Gasteiger partial charge in [-0.3, -0.25) is 0 Å². The monoisotopic (exact) mass is 231 g/mol. The quantitative estimate of drug-likeness (QED) is 0.832. The number of aryl methyl sites for hydroxylation is 1. The minimum absolute atomic E-state index is 0.780. The highest BCUT2D eigenvalue weighted by Crippen LogP contribution is 2.37. The zero-order valence-corrected chi connectivity index (χ0v) is 11.2. The van der Waals surface area contributed by atoms with Crippen molar-refractivity contribution in [3.63, 3.8) is 0 Å². The van der Waals surface area contributed by atoms with E-state index in [0.717, 1.165) is 18.3 Å². The fourth-order valence-electron chi connectivity index (χ4n) is 3.20. The van der Waals surface area contributed by atoms with Crippen molar-refractivity contribution in [2.24, 2.45) is 5.92 Å². The zero-order chi connectivity index (χ0) is 12.1. The van der Waals surface area contributed by atoms with Crippen molar-refractivity contribution in [3.8, 4) is 0 Å². The fourth-order valence-corrected chi connectivity index (χ4v) is 3.20. The standard InChI is InChI=1S/C16H25N/c1-3-13-7-6-9-14(11-13)16-10-5-4-8-15(16)12-17-2/h6-7,9,11,15-17H,3-5,8,10,12H2,1-2H3. The van der Waals surface area contributed by atoms with E-state index in [2.05, 4.69) is 43.6 Å². The zero-order valence-electron chi connectivity index (χ0n) is 11.2. The Balaban J connectivity index is 2.16. The predicted molar refractivity (Wildman–Crippen MR) is 74.4 cm³/mol. The van der Waals surface area contributed by atoms with E-state index >= 15 is 0 Å². The maximum absolute atomic E-state index is 3.37. The Hall–Kier alpha value is -0.820. The Morgan fingerprint density at radius 1 is 1.24 bits per heavy atom. The van der Waals surface area contributed by atoms with Gasteiger partial charge in [0, 0.05) is 0 Å². The summed E-state index contributed by atoms with van der Waals surface area (Å²) in [5.41, 5.74) is 3.06. The maximum Gasteiger partial charge on any atom is -0.00177 e. The molecule has 1 saturated carbocycles.